The zero-order valence-electron chi connectivity index (χ0n) is 19.4. The second kappa shape index (κ2) is 8.99. The Hall–Kier alpha value is -2.17. The van der Waals surface area contributed by atoms with Gasteiger partial charge in [-0.25, -0.2) is 4.21 Å². The highest BCUT2D eigenvalue weighted by Crippen LogP contribution is 2.35. The maximum absolute atomic E-state index is 13.4. The van der Waals surface area contributed by atoms with E-state index in [1.165, 1.54) is 27.7 Å². The number of fused-ring (bicyclic) bond motifs is 2. The summed E-state index contributed by atoms with van der Waals surface area (Å²) in [6.45, 7) is 7.38. The first-order chi connectivity index (χ1) is 15.2. The van der Waals surface area contributed by atoms with Crippen molar-refractivity contribution in [2.75, 3.05) is 6.54 Å². The molecule has 0 spiro atoms. The second-order valence-corrected chi connectivity index (χ2v) is 11.6. The van der Waals surface area contributed by atoms with Crippen LogP contribution in [-0.4, -0.2) is 33.1 Å². The lowest BCUT2D eigenvalue weighted by molar-refractivity contribution is -0.118. The van der Waals surface area contributed by atoms with Crippen LogP contribution < -0.4 is 4.72 Å². The van der Waals surface area contributed by atoms with Crippen molar-refractivity contribution in [3.63, 3.8) is 0 Å². The first-order valence-electron chi connectivity index (χ1n) is 11.8. The molecule has 1 N–H and O–H groups in total. The number of carbonyl (C=O) groups excluding carboxylic acids is 1. The number of amides is 1. The Morgan fingerprint density at radius 1 is 1.25 bits per heavy atom. The van der Waals surface area contributed by atoms with Gasteiger partial charge in [-0.15, -0.1) is 0 Å². The number of nitrogens with one attached hydrogen (secondary N) is 1. The highest BCUT2D eigenvalue weighted by atomic mass is 32.2. The van der Waals surface area contributed by atoms with Crippen molar-refractivity contribution in [3.05, 3.63) is 45.4 Å². The average Bonchev–Trinajstić information content (AvgIpc) is 3.46. The van der Waals surface area contributed by atoms with Gasteiger partial charge in [-0.2, -0.15) is 5.26 Å². The van der Waals surface area contributed by atoms with E-state index in [9.17, 15) is 9.00 Å². The van der Waals surface area contributed by atoms with Crippen molar-refractivity contribution in [2.24, 2.45) is 4.36 Å². The molecule has 0 bridgehead atoms. The number of rotatable bonds is 6. The van der Waals surface area contributed by atoms with Crippen molar-refractivity contribution >= 4 is 15.8 Å². The van der Waals surface area contributed by atoms with Gasteiger partial charge in [-0.05, 0) is 106 Å². The van der Waals surface area contributed by atoms with E-state index in [1.807, 2.05) is 6.08 Å². The van der Waals surface area contributed by atoms with Crippen LogP contribution in [0.2, 0.25) is 0 Å². The van der Waals surface area contributed by atoms with Gasteiger partial charge in [0.15, 0.2) is 9.92 Å². The van der Waals surface area contributed by atoms with Crippen LogP contribution >= 0.6 is 0 Å². The Bertz CT molecular complexity index is 1080. The topological polar surface area (TPSA) is 85.6 Å². The number of benzene rings is 1. The van der Waals surface area contributed by atoms with Gasteiger partial charge < -0.3 is 0 Å². The molecule has 1 aliphatic heterocycles. The molecule has 0 saturated carbocycles. The minimum Gasteiger partial charge on any atom is -0.292 e. The summed E-state index contributed by atoms with van der Waals surface area (Å²) in [5, 5.41) is 10.6. The SMILES string of the molecule is CC(C)N1CCC[C@@]1(C)/C=C/S(=O)(=NC#N)NC(=O)Cc1c2c(cc3c1CCC3)CCC2. The number of nitrogens with zero attached hydrogens (tertiary/aromatic N) is 3. The van der Waals surface area contributed by atoms with E-state index in [0.717, 1.165) is 63.5 Å². The number of likely N-dealkylation sites (tertiary alicyclic amines) is 1. The summed E-state index contributed by atoms with van der Waals surface area (Å²) in [6.07, 6.45) is 12.2. The van der Waals surface area contributed by atoms with Crippen molar-refractivity contribution < 1.29 is 9.00 Å². The van der Waals surface area contributed by atoms with E-state index in [0.29, 0.717) is 6.04 Å². The molecule has 1 amide bonds. The molecule has 1 fully saturated rings. The van der Waals surface area contributed by atoms with Crippen LogP contribution in [0, 0.1) is 11.5 Å². The highest BCUT2D eigenvalue weighted by molar-refractivity contribution is 7.95. The minimum absolute atomic E-state index is 0.201. The number of hydrogen-bond donors (Lipinski definition) is 1. The molecule has 1 saturated heterocycles. The lowest BCUT2D eigenvalue weighted by Gasteiger charge is -2.35. The third-order valence-corrected chi connectivity index (χ3v) is 8.72. The number of carbonyl (C=O) groups is 1. The maximum Gasteiger partial charge on any atom is 0.236 e. The summed E-state index contributed by atoms with van der Waals surface area (Å²) in [5.41, 5.74) is 6.24. The zero-order valence-corrected chi connectivity index (χ0v) is 20.3. The summed E-state index contributed by atoms with van der Waals surface area (Å²) in [4.78, 5) is 15.4. The van der Waals surface area contributed by atoms with Gasteiger partial charge in [-0.1, -0.05) is 16.5 Å². The predicted molar refractivity (Wildman–Crippen MR) is 127 cm³/mol. The zero-order chi connectivity index (χ0) is 22.9. The molecule has 0 aromatic heterocycles. The summed E-state index contributed by atoms with van der Waals surface area (Å²) >= 11 is 0. The predicted octanol–water partition coefficient (Wildman–Crippen LogP) is 3.96. The normalized spacial score (nSPS) is 24.3. The van der Waals surface area contributed by atoms with Crippen LogP contribution in [0.5, 0.6) is 0 Å². The first kappa shape index (κ1) is 23.0. The molecule has 4 rings (SSSR count). The summed E-state index contributed by atoms with van der Waals surface area (Å²) in [5.74, 6) is -0.328. The molecule has 7 heteroatoms. The van der Waals surface area contributed by atoms with Gasteiger partial charge >= 0.3 is 0 Å². The fourth-order valence-corrected chi connectivity index (χ4v) is 7.10. The van der Waals surface area contributed by atoms with Crippen molar-refractivity contribution in [1.29, 1.82) is 5.26 Å². The van der Waals surface area contributed by atoms with Crippen LogP contribution in [-0.2, 0) is 46.8 Å². The molecule has 3 aliphatic rings. The Morgan fingerprint density at radius 2 is 1.91 bits per heavy atom. The van der Waals surface area contributed by atoms with Crippen molar-refractivity contribution in [1.82, 2.24) is 9.62 Å². The molecule has 172 valence electrons. The highest BCUT2D eigenvalue weighted by Gasteiger charge is 2.36. The summed E-state index contributed by atoms with van der Waals surface area (Å²) in [7, 11) is -3.30. The van der Waals surface area contributed by atoms with E-state index < -0.39 is 9.92 Å². The van der Waals surface area contributed by atoms with E-state index in [1.54, 1.807) is 6.19 Å². The van der Waals surface area contributed by atoms with Gasteiger partial charge in [-0.3, -0.25) is 14.4 Å². The Morgan fingerprint density at radius 3 is 2.50 bits per heavy atom. The quantitative estimate of drug-likeness (QED) is 0.659. The number of hydrogen-bond acceptors (Lipinski definition) is 5. The molecule has 0 radical (unpaired) electrons. The molecule has 32 heavy (non-hydrogen) atoms. The minimum atomic E-state index is -3.30. The molecule has 1 aromatic carbocycles. The monoisotopic (exact) mass is 454 g/mol. The van der Waals surface area contributed by atoms with Crippen molar-refractivity contribution in [2.45, 2.75) is 90.1 Å². The molecular formula is C25H34N4O2S. The van der Waals surface area contributed by atoms with Crippen LogP contribution in [0.15, 0.2) is 21.9 Å². The molecule has 1 aromatic rings. The van der Waals surface area contributed by atoms with Gasteiger partial charge in [0.05, 0.1) is 6.42 Å². The fourth-order valence-electron chi connectivity index (χ4n) is 5.93. The number of aryl methyl sites for hydroxylation is 2. The largest absolute Gasteiger partial charge is 0.292 e. The van der Waals surface area contributed by atoms with E-state index in [2.05, 4.69) is 40.8 Å². The summed E-state index contributed by atoms with van der Waals surface area (Å²) < 4.78 is 19.6. The van der Waals surface area contributed by atoms with Crippen LogP contribution in [0.25, 0.3) is 0 Å². The fraction of sp³-hybridized carbons (Fsp3) is 0.600. The molecule has 2 aliphatic carbocycles. The Labute approximate surface area is 192 Å². The Kier molecular flexibility index (Phi) is 6.46. The van der Waals surface area contributed by atoms with E-state index >= 15 is 0 Å². The molecule has 1 heterocycles. The van der Waals surface area contributed by atoms with Gasteiger partial charge in [0.2, 0.25) is 12.1 Å². The molecule has 6 nitrogen and oxygen atoms in total. The van der Waals surface area contributed by atoms with Crippen LogP contribution in [0.3, 0.4) is 0 Å². The first-order valence-corrected chi connectivity index (χ1v) is 13.4. The third kappa shape index (κ3) is 4.49. The lowest BCUT2D eigenvalue weighted by Crippen LogP contribution is -2.44. The van der Waals surface area contributed by atoms with Gasteiger partial charge in [0, 0.05) is 17.0 Å². The molecule has 2 atom stereocenters. The molecule has 1 unspecified atom stereocenters. The molecular weight excluding hydrogens is 420 g/mol. The Balaban J connectivity index is 1.56. The third-order valence-electron chi connectivity index (χ3n) is 7.34. The lowest BCUT2D eigenvalue weighted by atomic mass is 9.92. The van der Waals surface area contributed by atoms with E-state index in [-0.39, 0.29) is 17.9 Å². The summed E-state index contributed by atoms with van der Waals surface area (Å²) in [6, 6.07) is 2.69. The van der Waals surface area contributed by atoms with Crippen LogP contribution in [0.1, 0.15) is 74.3 Å². The van der Waals surface area contributed by atoms with Crippen molar-refractivity contribution in [3.8, 4) is 6.19 Å². The van der Waals surface area contributed by atoms with Gasteiger partial charge in [0.1, 0.15) is 0 Å². The van der Waals surface area contributed by atoms with Gasteiger partial charge in [0.25, 0.3) is 0 Å². The van der Waals surface area contributed by atoms with E-state index in [4.69, 9.17) is 5.26 Å². The van der Waals surface area contributed by atoms with Crippen LogP contribution in [0.4, 0.5) is 0 Å². The second-order valence-electron chi connectivity index (χ2n) is 9.85. The smallest absolute Gasteiger partial charge is 0.236 e. The average molecular weight is 455 g/mol. The number of nitriles is 1. The maximum atomic E-state index is 13.4. The standard InChI is InChI=1S/C25H34N4O2S/c1-18(2)29-13-6-11-25(29,3)12-14-32(31,27-17-26)28-24(30)16-23-21-9-4-7-19(21)15-20-8-5-10-22(20)23/h12,14-15,18H,4-11,13,16H2,1-3H3,(H,27,28,30,31)/b14-12+/t25-,32?/m0/s1.